The van der Waals surface area contributed by atoms with Gasteiger partial charge < -0.3 is 4.74 Å². The van der Waals surface area contributed by atoms with Gasteiger partial charge in [-0.2, -0.15) is 0 Å². The van der Waals surface area contributed by atoms with Crippen LogP contribution in [-0.4, -0.2) is 22.8 Å². The van der Waals surface area contributed by atoms with E-state index in [2.05, 4.69) is 29.2 Å². The molecule has 0 bridgehead atoms. The Morgan fingerprint density at radius 1 is 0.839 bits per heavy atom. The van der Waals surface area contributed by atoms with Crippen molar-refractivity contribution in [2.24, 2.45) is 0 Å². The van der Waals surface area contributed by atoms with Crippen molar-refractivity contribution in [2.45, 2.75) is 26.4 Å². The van der Waals surface area contributed by atoms with Gasteiger partial charge in [-0.15, -0.1) is 0 Å². The van der Waals surface area contributed by atoms with Gasteiger partial charge in [0, 0.05) is 5.39 Å². The summed E-state index contributed by atoms with van der Waals surface area (Å²) in [6.45, 7) is 5.51. The van der Waals surface area contributed by atoms with Crippen LogP contribution in [0, 0.1) is 0 Å². The zero-order valence-electron chi connectivity index (χ0n) is 17.8. The third kappa shape index (κ3) is 4.53. The number of fused-ring (bicyclic) bond motifs is 1. The minimum Gasteiger partial charge on any atom is -0.456 e. The van der Waals surface area contributed by atoms with Gasteiger partial charge in [0.2, 0.25) is 0 Å². The number of carbonyl (C=O) groups is 2. The number of aldehydes is 1. The summed E-state index contributed by atoms with van der Waals surface area (Å²) in [5.74, 6) is -0.390. The molecule has 0 saturated heterocycles. The number of hydrogen-bond donors (Lipinski definition) is 0. The quantitative estimate of drug-likeness (QED) is 0.292. The van der Waals surface area contributed by atoms with Gasteiger partial charge in [0.05, 0.1) is 11.1 Å². The van der Waals surface area contributed by atoms with Crippen LogP contribution in [0.15, 0.2) is 78.9 Å². The number of benzene rings is 3. The third-order valence-corrected chi connectivity index (χ3v) is 4.89. The molecule has 4 aromatic rings. The van der Waals surface area contributed by atoms with Crippen molar-refractivity contribution in [3.63, 3.8) is 0 Å². The fraction of sp³-hybridized carbons (Fsp3) is 0.148. The van der Waals surface area contributed by atoms with Gasteiger partial charge in [0.1, 0.15) is 11.3 Å². The molecule has 3 aromatic carbocycles. The first-order chi connectivity index (χ1) is 14.8. The van der Waals surface area contributed by atoms with Crippen LogP contribution in [0.2, 0.25) is 0 Å². The minimum absolute atomic E-state index is 0.347. The Morgan fingerprint density at radius 3 is 2.13 bits per heavy atom. The molecule has 4 nitrogen and oxygen atoms in total. The summed E-state index contributed by atoms with van der Waals surface area (Å²) in [6.07, 6.45) is 0.739. The van der Waals surface area contributed by atoms with E-state index in [1.807, 2.05) is 51.1 Å². The van der Waals surface area contributed by atoms with Crippen molar-refractivity contribution in [1.82, 2.24) is 4.98 Å². The number of esters is 1. The highest BCUT2D eigenvalue weighted by molar-refractivity contribution is 6.01. The Bertz CT molecular complexity index is 1250. The van der Waals surface area contributed by atoms with Crippen LogP contribution in [0.4, 0.5) is 0 Å². The highest BCUT2D eigenvalue weighted by Crippen LogP contribution is 2.31. The number of rotatable bonds is 4. The van der Waals surface area contributed by atoms with Gasteiger partial charge in [-0.3, -0.25) is 4.79 Å². The van der Waals surface area contributed by atoms with E-state index in [1.165, 1.54) is 0 Å². The van der Waals surface area contributed by atoms with E-state index in [9.17, 15) is 9.59 Å². The molecule has 4 heteroatoms. The van der Waals surface area contributed by atoms with Gasteiger partial charge in [0.15, 0.2) is 6.29 Å². The van der Waals surface area contributed by atoms with Crippen molar-refractivity contribution >= 4 is 23.2 Å². The molecule has 0 aliphatic heterocycles. The summed E-state index contributed by atoms with van der Waals surface area (Å²) in [6, 6.07) is 25.2. The number of hydrogen-bond acceptors (Lipinski definition) is 4. The summed E-state index contributed by atoms with van der Waals surface area (Å²) in [5, 5.41) is 0.793. The Kier molecular flexibility index (Phi) is 5.38. The number of nitrogens with zero attached hydrogens (tertiary/aromatic N) is 1. The number of ether oxygens (including phenoxy) is 1. The minimum atomic E-state index is -0.582. The van der Waals surface area contributed by atoms with Crippen LogP contribution < -0.4 is 0 Å². The molecule has 154 valence electrons. The summed E-state index contributed by atoms with van der Waals surface area (Å²) in [4.78, 5) is 28.4. The van der Waals surface area contributed by atoms with Crippen LogP contribution in [-0.2, 0) is 4.74 Å². The molecule has 0 aliphatic carbocycles. The zero-order valence-corrected chi connectivity index (χ0v) is 17.8. The average molecular weight is 409 g/mol. The predicted octanol–water partition coefficient (Wildman–Crippen LogP) is 6.34. The second-order valence-corrected chi connectivity index (χ2v) is 8.39. The lowest BCUT2D eigenvalue weighted by atomic mass is 9.96. The molecule has 0 N–H and O–H groups in total. The summed E-state index contributed by atoms with van der Waals surface area (Å²) in [5.41, 5.74) is 4.89. The second-order valence-electron chi connectivity index (χ2n) is 8.39. The predicted molar refractivity (Wildman–Crippen MR) is 123 cm³/mol. The lowest BCUT2D eigenvalue weighted by molar-refractivity contribution is 0.00696. The molecule has 0 fully saturated rings. The van der Waals surface area contributed by atoms with Gasteiger partial charge in [-0.1, -0.05) is 54.6 Å². The molecule has 4 rings (SSSR count). The highest BCUT2D eigenvalue weighted by Gasteiger charge is 2.19. The van der Waals surface area contributed by atoms with Crippen molar-refractivity contribution in [1.29, 1.82) is 0 Å². The maximum absolute atomic E-state index is 12.6. The van der Waals surface area contributed by atoms with Gasteiger partial charge in [-0.05, 0) is 67.3 Å². The molecule has 1 heterocycles. The monoisotopic (exact) mass is 409 g/mol. The molecule has 0 spiro atoms. The second kappa shape index (κ2) is 8.15. The molecular formula is C27H23NO3. The van der Waals surface area contributed by atoms with E-state index in [4.69, 9.17) is 4.74 Å². The fourth-order valence-electron chi connectivity index (χ4n) is 3.48. The summed E-state index contributed by atoms with van der Waals surface area (Å²) < 4.78 is 5.51. The Hall–Kier alpha value is -3.79. The number of aromatic nitrogens is 1. The zero-order chi connectivity index (χ0) is 22.0. The summed E-state index contributed by atoms with van der Waals surface area (Å²) >= 11 is 0. The summed E-state index contributed by atoms with van der Waals surface area (Å²) in [7, 11) is 0. The van der Waals surface area contributed by atoms with E-state index >= 15 is 0 Å². The molecule has 0 radical (unpaired) electrons. The van der Waals surface area contributed by atoms with Crippen LogP contribution in [0.5, 0.6) is 0 Å². The maximum Gasteiger partial charge on any atom is 0.338 e. The van der Waals surface area contributed by atoms with Gasteiger partial charge in [0.25, 0.3) is 0 Å². The SMILES string of the molecule is CC(C)(C)OC(=O)c1ccc2nc(C=O)cc(-c3ccc(-c4ccccc4)cc3)c2c1. The first-order valence-corrected chi connectivity index (χ1v) is 10.1. The molecule has 0 atom stereocenters. The van der Waals surface area contributed by atoms with Crippen LogP contribution in [0.1, 0.15) is 41.6 Å². The highest BCUT2D eigenvalue weighted by atomic mass is 16.6. The van der Waals surface area contributed by atoms with Gasteiger partial charge >= 0.3 is 5.97 Å². The van der Waals surface area contributed by atoms with Crippen molar-refractivity contribution < 1.29 is 14.3 Å². The van der Waals surface area contributed by atoms with Crippen molar-refractivity contribution in [3.8, 4) is 22.3 Å². The molecule has 0 aliphatic rings. The lowest BCUT2D eigenvalue weighted by Crippen LogP contribution is -2.23. The molecule has 1 aromatic heterocycles. The molecule has 0 amide bonds. The van der Waals surface area contributed by atoms with Crippen LogP contribution in [0.25, 0.3) is 33.2 Å². The van der Waals surface area contributed by atoms with E-state index in [1.54, 1.807) is 24.3 Å². The Labute approximate surface area is 181 Å². The third-order valence-electron chi connectivity index (χ3n) is 4.89. The average Bonchev–Trinajstić information content (AvgIpc) is 2.77. The van der Waals surface area contributed by atoms with E-state index in [0.717, 1.165) is 33.9 Å². The molecule has 0 saturated carbocycles. The normalized spacial score (nSPS) is 11.3. The number of pyridine rings is 1. The van der Waals surface area contributed by atoms with Gasteiger partial charge in [-0.25, -0.2) is 9.78 Å². The molecule has 31 heavy (non-hydrogen) atoms. The fourth-order valence-corrected chi connectivity index (χ4v) is 3.48. The lowest BCUT2D eigenvalue weighted by Gasteiger charge is -2.19. The van der Waals surface area contributed by atoms with Crippen molar-refractivity contribution in [3.05, 3.63) is 90.1 Å². The van der Waals surface area contributed by atoms with E-state index in [-0.39, 0.29) is 5.97 Å². The van der Waals surface area contributed by atoms with Crippen LogP contribution >= 0.6 is 0 Å². The standard InChI is InChI=1S/C27H23NO3/c1-27(2,3)31-26(30)21-13-14-25-24(15-21)23(16-22(17-29)28-25)20-11-9-19(10-12-20)18-7-5-4-6-8-18/h4-17H,1-3H3. The molecular weight excluding hydrogens is 386 g/mol. The molecule has 0 unspecified atom stereocenters. The Morgan fingerprint density at radius 2 is 1.48 bits per heavy atom. The van der Waals surface area contributed by atoms with E-state index in [0.29, 0.717) is 16.8 Å². The van der Waals surface area contributed by atoms with Crippen LogP contribution in [0.3, 0.4) is 0 Å². The van der Waals surface area contributed by atoms with Crippen molar-refractivity contribution in [2.75, 3.05) is 0 Å². The first kappa shape index (κ1) is 20.5. The first-order valence-electron chi connectivity index (χ1n) is 10.1. The number of carbonyl (C=O) groups excluding carboxylic acids is 2. The Balaban J connectivity index is 1.81. The smallest absolute Gasteiger partial charge is 0.338 e. The van der Waals surface area contributed by atoms with E-state index < -0.39 is 5.60 Å². The largest absolute Gasteiger partial charge is 0.456 e. The topological polar surface area (TPSA) is 56.3 Å². The maximum atomic E-state index is 12.6.